The summed E-state index contributed by atoms with van der Waals surface area (Å²) < 4.78 is 38.7. The number of morpholine rings is 1. The molecule has 1 aliphatic rings. The zero-order valence-corrected chi connectivity index (χ0v) is 19.3. The van der Waals surface area contributed by atoms with Gasteiger partial charge in [-0.15, -0.1) is 0 Å². The van der Waals surface area contributed by atoms with Crippen LogP contribution in [0.15, 0.2) is 45.7 Å². The van der Waals surface area contributed by atoms with Gasteiger partial charge >= 0.3 is 0 Å². The molecule has 0 bridgehead atoms. The van der Waals surface area contributed by atoms with Crippen LogP contribution >= 0.6 is 0 Å². The normalized spacial score (nSPS) is 16.8. The number of amides is 1. The molecular formula is C22H31N3O5S. The number of hydrogen-bond acceptors (Lipinski definition) is 6. The van der Waals surface area contributed by atoms with Crippen molar-refractivity contribution in [2.45, 2.75) is 44.2 Å². The Labute approximate surface area is 184 Å². The van der Waals surface area contributed by atoms with Crippen LogP contribution in [0.3, 0.4) is 0 Å². The highest BCUT2D eigenvalue weighted by molar-refractivity contribution is 7.89. The highest BCUT2D eigenvalue weighted by atomic mass is 32.2. The molecule has 1 unspecified atom stereocenters. The molecule has 1 saturated heterocycles. The minimum Gasteiger partial charge on any atom is -0.465 e. The molecule has 0 aliphatic carbocycles. The summed E-state index contributed by atoms with van der Waals surface area (Å²) >= 11 is 0. The van der Waals surface area contributed by atoms with Gasteiger partial charge in [0, 0.05) is 30.7 Å². The molecule has 1 atom stereocenters. The van der Waals surface area contributed by atoms with E-state index in [1.165, 1.54) is 24.3 Å². The number of nitrogens with one attached hydrogen (secondary N) is 2. The van der Waals surface area contributed by atoms with Crippen molar-refractivity contribution in [2.24, 2.45) is 0 Å². The molecule has 0 radical (unpaired) electrons. The maximum atomic E-state index is 12.7. The van der Waals surface area contributed by atoms with Crippen molar-refractivity contribution in [3.8, 4) is 0 Å². The molecule has 8 nitrogen and oxygen atoms in total. The minimum absolute atomic E-state index is 0.0998. The Morgan fingerprint density at radius 1 is 1.10 bits per heavy atom. The molecule has 1 aliphatic heterocycles. The number of nitrogens with zero attached hydrogens (tertiary/aromatic N) is 1. The average Bonchev–Trinajstić information content (AvgIpc) is 3.13. The number of carbonyl (C=O) groups is 1. The molecule has 1 aromatic heterocycles. The summed E-state index contributed by atoms with van der Waals surface area (Å²) in [5.41, 5.74) is -0.195. The van der Waals surface area contributed by atoms with E-state index in [0.717, 1.165) is 24.6 Å². The fourth-order valence-corrected chi connectivity index (χ4v) is 4.89. The lowest BCUT2D eigenvalue weighted by atomic mass is 10.1. The van der Waals surface area contributed by atoms with Crippen LogP contribution in [0, 0.1) is 6.92 Å². The van der Waals surface area contributed by atoms with Crippen LogP contribution in [-0.4, -0.2) is 57.6 Å². The Hall–Kier alpha value is -2.20. The lowest BCUT2D eigenvalue weighted by Gasteiger charge is -2.33. The second-order valence-electron chi connectivity index (χ2n) is 8.70. The topological polar surface area (TPSA) is 101 Å². The van der Waals surface area contributed by atoms with Gasteiger partial charge in [0.1, 0.15) is 11.5 Å². The number of hydrogen-bond donors (Lipinski definition) is 2. The Bertz CT molecular complexity index is 987. The first-order valence-corrected chi connectivity index (χ1v) is 11.8. The maximum absolute atomic E-state index is 12.7. The average molecular weight is 450 g/mol. The van der Waals surface area contributed by atoms with Crippen molar-refractivity contribution in [1.29, 1.82) is 0 Å². The van der Waals surface area contributed by atoms with Gasteiger partial charge < -0.3 is 14.5 Å². The van der Waals surface area contributed by atoms with E-state index in [1.54, 1.807) is 20.8 Å². The third-order valence-electron chi connectivity index (χ3n) is 4.90. The molecular weight excluding hydrogens is 418 g/mol. The molecule has 2 N–H and O–H groups in total. The van der Waals surface area contributed by atoms with Gasteiger partial charge in [-0.25, -0.2) is 13.1 Å². The standard InChI is InChI=1S/C22H31N3O5S/c1-16-5-10-20(30-16)19(25-11-13-29-14-12-25)15-23-21(26)17-6-8-18(9-7-17)31(27,28)24-22(2,3)4/h5-10,19,24H,11-15H2,1-4H3,(H,23,26). The van der Waals surface area contributed by atoms with Crippen molar-refractivity contribution in [3.63, 3.8) is 0 Å². The predicted octanol–water partition coefficient (Wildman–Crippen LogP) is 2.47. The number of sulfonamides is 1. The van der Waals surface area contributed by atoms with Crippen LogP contribution in [0.5, 0.6) is 0 Å². The summed E-state index contributed by atoms with van der Waals surface area (Å²) in [5, 5.41) is 2.95. The van der Waals surface area contributed by atoms with Gasteiger partial charge in [0.15, 0.2) is 0 Å². The monoisotopic (exact) mass is 449 g/mol. The number of rotatable bonds is 7. The first-order valence-electron chi connectivity index (χ1n) is 10.4. The zero-order chi connectivity index (χ0) is 22.6. The van der Waals surface area contributed by atoms with E-state index in [9.17, 15) is 13.2 Å². The van der Waals surface area contributed by atoms with Crippen LogP contribution in [0.1, 0.15) is 48.7 Å². The molecule has 3 rings (SSSR count). The first kappa shape index (κ1) is 23.5. The summed E-state index contributed by atoms with van der Waals surface area (Å²) in [4.78, 5) is 15.1. The van der Waals surface area contributed by atoms with Crippen LogP contribution in [0.4, 0.5) is 0 Å². The van der Waals surface area contributed by atoms with Crippen LogP contribution < -0.4 is 10.0 Å². The molecule has 0 spiro atoms. The van der Waals surface area contributed by atoms with Crippen LogP contribution in [0.25, 0.3) is 0 Å². The molecule has 2 heterocycles. The van der Waals surface area contributed by atoms with Gasteiger partial charge in [0.25, 0.3) is 5.91 Å². The lowest BCUT2D eigenvalue weighted by molar-refractivity contribution is 0.0117. The second kappa shape index (κ2) is 9.52. The summed E-state index contributed by atoms with van der Waals surface area (Å²) in [6.07, 6.45) is 0. The summed E-state index contributed by atoms with van der Waals surface area (Å²) in [7, 11) is -3.65. The van der Waals surface area contributed by atoms with Crippen molar-refractivity contribution >= 4 is 15.9 Å². The molecule has 1 aromatic carbocycles. The van der Waals surface area contributed by atoms with Gasteiger partial charge in [-0.2, -0.15) is 0 Å². The largest absolute Gasteiger partial charge is 0.465 e. The van der Waals surface area contributed by atoms with E-state index in [1.807, 2.05) is 19.1 Å². The molecule has 0 saturated carbocycles. The van der Waals surface area contributed by atoms with Gasteiger partial charge in [-0.05, 0) is 64.1 Å². The highest BCUT2D eigenvalue weighted by Crippen LogP contribution is 2.23. The van der Waals surface area contributed by atoms with E-state index in [4.69, 9.17) is 9.15 Å². The third kappa shape index (κ3) is 6.39. The Morgan fingerprint density at radius 2 is 1.74 bits per heavy atom. The Morgan fingerprint density at radius 3 is 2.29 bits per heavy atom. The van der Waals surface area contributed by atoms with E-state index < -0.39 is 15.6 Å². The van der Waals surface area contributed by atoms with E-state index in [-0.39, 0.29) is 16.8 Å². The fourth-order valence-electron chi connectivity index (χ4n) is 3.47. The Kier molecular flexibility index (Phi) is 7.20. The van der Waals surface area contributed by atoms with Crippen molar-refractivity contribution in [1.82, 2.24) is 14.9 Å². The number of carbonyl (C=O) groups excluding carboxylic acids is 1. The quantitative estimate of drug-likeness (QED) is 0.674. The number of benzene rings is 1. The summed E-state index contributed by atoms with van der Waals surface area (Å²) in [6.45, 7) is 10.4. The first-order chi connectivity index (χ1) is 14.5. The summed E-state index contributed by atoms with van der Waals surface area (Å²) in [5.74, 6) is 1.35. The SMILES string of the molecule is Cc1ccc(C(CNC(=O)c2ccc(S(=O)(=O)NC(C)(C)C)cc2)N2CCOCC2)o1. The molecule has 170 valence electrons. The van der Waals surface area contributed by atoms with Crippen LogP contribution in [0.2, 0.25) is 0 Å². The van der Waals surface area contributed by atoms with E-state index >= 15 is 0 Å². The Balaban J connectivity index is 1.68. The molecule has 1 amide bonds. The van der Waals surface area contributed by atoms with Gasteiger partial charge in [0.05, 0.1) is 24.2 Å². The van der Waals surface area contributed by atoms with Crippen molar-refractivity contribution in [2.75, 3.05) is 32.8 Å². The number of aryl methyl sites for hydroxylation is 1. The zero-order valence-electron chi connectivity index (χ0n) is 18.5. The van der Waals surface area contributed by atoms with E-state index in [2.05, 4.69) is 14.9 Å². The number of furan rings is 1. The van der Waals surface area contributed by atoms with Gasteiger partial charge in [0.2, 0.25) is 10.0 Å². The molecule has 2 aromatic rings. The molecule has 1 fully saturated rings. The maximum Gasteiger partial charge on any atom is 0.251 e. The second-order valence-corrected chi connectivity index (χ2v) is 10.4. The minimum atomic E-state index is -3.65. The molecule has 9 heteroatoms. The van der Waals surface area contributed by atoms with Crippen molar-refractivity contribution in [3.05, 3.63) is 53.5 Å². The smallest absolute Gasteiger partial charge is 0.251 e. The number of ether oxygens (including phenoxy) is 1. The third-order valence-corrected chi connectivity index (χ3v) is 6.67. The molecule has 31 heavy (non-hydrogen) atoms. The van der Waals surface area contributed by atoms with E-state index in [0.29, 0.717) is 25.3 Å². The fraction of sp³-hybridized carbons (Fsp3) is 0.500. The van der Waals surface area contributed by atoms with Gasteiger partial charge in [-0.3, -0.25) is 9.69 Å². The highest BCUT2D eigenvalue weighted by Gasteiger charge is 2.26. The predicted molar refractivity (Wildman–Crippen MR) is 117 cm³/mol. The van der Waals surface area contributed by atoms with Crippen molar-refractivity contribution < 1.29 is 22.4 Å². The summed E-state index contributed by atoms with van der Waals surface area (Å²) in [6, 6.07) is 9.67. The lowest BCUT2D eigenvalue weighted by Crippen LogP contribution is -2.43. The van der Waals surface area contributed by atoms with Gasteiger partial charge in [-0.1, -0.05) is 0 Å². The van der Waals surface area contributed by atoms with Crippen LogP contribution in [-0.2, 0) is 14.8 Å².